The molecule has 9 nitrogen and oxygen atoms in total. The Labute approximate surface area is 310 Å². The molecule has 0 atom stereocenters. The lowest BCUT2D eigenvalue weighted by Gasteiger charge is -2.23. The lowest BCUT2D eigenvalue weighted by atomic mass is 9.82. The number of phenolic OH excluding ortho intramolecular Hbond substituents is 8. The summed E-state index contributed by atoms with van der Waals surface area (Å²) in [5.41, 5.74) is 3.86. The van der Waals surface area contributed by atoms with Crippen LogP contribution in [-0.4, -0.2) is 40.9 Å². The van der Waals surface area contributed by atoms with Crippen molar-refractivity contribution in [3.8, 4) is 79.4 Å². The third kappa shape index (κ3) is 4.35. The Hall–Kier alpha value is -7.78. The highest BCUT2D eigenvalue weighted by atomic mass is 16.4. The van der Waals surface area contributed by atoms with Gasteiger partial charge in [-0.25, -0.2) is 0 Å². The van der Waals surface area contributed by atoms with Crippen molar-refractivity contribution in [1.82, 2.24) is 0 Å². The molecule has 10 aromatic rings. The van der Waals surface area contributed by atoms with Gasteiger partial charge in [0, 0.05) is 48.8 Å². The largest absolute Gasteiger partial charge is 0.504 e. The van der Waals surface area contributed by atoms with Gasteiger partial charge < -0.3 is 45.3 Å². The minimum absolute atomic E-state index is 0.00166. The van der Waals surface area contributed by atoms with Crippen LogP contribution >= 0.6 is 0 Å². The lowest BCUT2D eigenvalue weighted by Crippen LogP contribution is -1.95. The Morgan fingerprint density at radius 2 is 0.818 bits per heavy atom. The lowest BCUT2D eigenvalue weighted by molar-refractivity contribution is 0.350. The van der Waals surface area contributed by atoms with Crippen molar-refractivity contribution in [2.75, 3.05) is 0 Å². The van der Waals surface area contributed by atoms with Crippen molar-refractivity contribution in [3.05, 3.63) is 121 Å². The number of aromatic hydroxyl groups is 8. The van der Waals surface area contributed by atoms with E-state index in [1.807, 2.05) is 66.7 Å². The van der Waals surface area contributed by atoms with Gasteiger partial charge in [0.15, 0.2) is 23.0 Å². The highest BCUT2D eigenvalue weighted by molar-refractivity contribution is 6.30. The van der Waals surface area contributed by atoms with E-state index in [0.717, 1.165) is 49.2 Å². The third-order valence-electron chi connectivity index (χ3n) is 10.7. The molecule has 0 aliphatic heterocycles. The molecule has 266 valence electrons. The van der Waals surface area contributed by atoms with Gasteiger partial charge in [0.05, 0.1) is 0 Å². The number of benzene rings is 9. The number of fused-ring (bicyclic) bond motifs is 8. The van der Waals surface area contributed by atoms with Crippen LogP contribution in [0.15, 0.2) is 126 Å². The Balaban J connectivity index is 1.27. The summed E-state index contributed by atoms with van der Waals surface area (Å²) in [6, 6.07) is 37.5. The van der Waals surface area contributed by atoms with Crippen LogP contribution in [-0.2, 0) is 0 Å². The molecule has 0 unspecified atom stereocenters. The molecule has 0 bridgehead atoms. The van der Waals surface area contributed by atoms with Crippen molar-refractivity contribution >= 4 is 65.0 Å². The van der Waals surface area contributed by atoms with E-state index in [2.05, 4.69) is 6.07 Å². The minimum Gasteiger partial charge on any atom is -0.504 e. The number of hydrogen-bond donors (Lipinski definition) is 8. The molecule has 55 heavy (non-hydrogen) atoms. The van der Waals surface area contributed by atoms with Crippen LogP contribution in [0.4, 0.5) is 0 Å². The first-order valence-electron chi connectivity index (χ1n) is 17.3. The molecule has 1 heterocycles. The standard InChI is InChI=1S/C46H28O9/c47-38-34-32(24-14-12-21(13-15-24)25-17-19-31-30(20-25)29-18-16-23-7-2-4-10-27(23)46(29)55-31)35-37(41(50)45(54)43(52)39(35)48)33(36(34)40(49)44(53)42(38)51)28-11-5-8-22-6-1-3-9-26(22)28/h1-20,47-54H. The molecule has 0 fully saturated rings. The Bertz CT molecular complexity index is 3200. The zero-order valence-corrected chi connectivity index (χ0v) is 28.5. The number of rotatable bonds is 3. The van der Waals surface area contributed by atoms with Crippen molar-refractivity contribution in [1.29, 1.82) is 0 Å². The summed E-state index contributed by atoms with van der Waals surface area (Å²) >= 11 is 0. The zero-order valence-electron chi connectivity index (χ0n) is 28.5. The first-order chi connectivity index (χ1) is 26.6. The van der Waals surface area contributed by atoms with Crippen LogP contribution in [0.3, 0.4) is 0 Å². The van der Waals surface area contributed by atoms with E-state index in [4.69, 9.17) is 4.42 Å². The number of hydrogen-bond acceptors (Lipinski definition) is 9. The van der Waals surface area contributed by atoms with E-state index in [-0.39, 0.29) is 32.7 Å². The van der Waals surface area contributed by atoms with E-state index >= 15 is 0 Å². The normalized spacial score (nSPS) is 11.9. The maximum absolute atomic E-state index is 11.6. The molecule has 10 rings (SSSR count). The molecule has 9 heteroatoms. The molecule has 0 radical (unpaired) electrons. The van der Waals surface area contributed by atoms with Crippen LogP contribution in [0.1, 0.15) is 0 Å². The van der Waals surface area contributed by atoms with E-state index < -0.39 is 46.0 Å². The highest BCUT2D eigenvalue weighted by Crippen LogP contribution is 2.62. The van der Waals surface area contributed by atoms with E-state index in [9.17, 15) is 40.9 Å². The minimum atomic E-state index is -1.02. The van der Waals surface area contributed by atoms with E-state index in [1.165, 1.54) is 0 Å². The van der Waals surface area contributed by atoms with Crippen molar-refractivity contribution < 1.29 is 45.3 Å². The first kappa shape index (κ1) is 31.9. The number of phenols is 8. The van der Waals surface area contributed by atoms with Gasteiger partial charge in [0.2, 0.25) is 23.0 Å². The van der Waals surface area contributed by atoms with Gasteiger partial charge >= 0.3 is 0 Å². The quantitative estimate of drug-likeness (QED) is 0.0501. The molecule has 0 amide bonds. The van der Waals surface area contributed by atoms with Crippen LogP contribution in [0.25, 0.3) is 98.4 Å². The second-order valence-electron chi connectivity index (χ2n) is 13.6. The number of furan rings is 1. The van der Waals surface area contributed by atoms with Gasteiger partial charge in [-0.2, -0.15) is 0 Å². The summed E-state index contributed by atoms with van der Waals surface area (Å²) in [7, 11) is 0. The summed E-state index contributed by atoms with van der Waals surface area (Å²) in [5.74, 6) is -7.39. The van der Waals surface area contributed by atoms with Gasteiger partial charge in [-0.3, -0.25) is 0 Å². The molecular formula is C46H28O9. The van der Waals surface area contributed by atoms with Crippen molar-refractivity contribution in [2.24, 2.45) is 0 Å². The second kappa shape index (κ2) is 11.4. The van der Waals surface area contributed by atoms with Crippen LogP contribution in [0.5, 0.6) is 46.0 Å². The summed E-state index contributed by atoms with van der Waals surface area (Å²) in [4.78, 5) is 0. The summed E-state index contributed by atoms with van der Waals surface area (Å²) in [5, 5.41) is 94.6. The summed E-state index contributed by atoms with van der Waals surface area (Å²) in [6.45, 7) is 0. The third-order valence-corrected chi connectivity index (χ3v) is 10.7. The molecule has 0 saturated heterocycles. The van der Waals surface area contributed by atoms with Gasteiger partial charge in [-0.1, -0.05) is 103 Å². The van der Waals surface area contributed by atoms with Gasteiger partial charge in [0.1, 0.15) is 11.2 Å². The summed E-state index contributed by atoms with van der Waals surface area (Å²) < 4.78 is 6.29. The molecular weight excluding hydrogens is 696 g/mol. The highest BCUT2D eigenvalue weighted by Gasteiger charge is 2.32. The molecule has 0 aliphatic rings. The maximum Gasteiger partial charge on any atom is 0.204 e. The van der Waals surface area contributed by atoms with Crippen LogP contribution in [0.2, 0.25) is 0 Å². The molecule has 1 aromatic heterocycles. The van der Waals surface area contributed by atoms with Crippen LogP contribution < -0.4 is 0 Å². The first-order valence-corrected chi connectivity index (χ1v) is 17.3. The van der Waals surface area contributed by atoms with Crippen molar-refractivity contribution in [2.45, 2.75) is 0 Å². The van der Waals surface area contributed by atoms with Gasteiger partial charge in [-0.15, -0.1) is 0 Å². The van der Waals surface area contributed by atoms with Gasteiger partial charge in [-0.05, 0) is 56.6 Å². The average molecular weight is 725 g/mol. The maximum atomic E-state index is 11.6. The van der Waals surface area contributed by atoms with E-state index in [1.54, 1.807) is 48.5 Å². The average Bonchev–Trinajstić information content (AvgIpc) is 3.61. The van der Waals surface area contributed by atoms with Crippen LogP contribution in [0, 0.1) is 0 Å². The topological polar surface area (TPSA) is 175 Å². The fourth-order valence-corrected chi connectivity index (χ4v) is 8.13. The predicted molar refractivity (Wildman–Crippen MR) is 213 cm³/mol. The SMILES string of the molecule is Oc1c(O)c(O)c2c(-c3cccc4ccccc34)c3c(O)c(O)c(O)c(O)c3c(-c3ccc(-c4ccc5oc6c7ccccc7ccc6c5c4)cc3)c2c1O. The zero-order chi connectivity index (χ0) is 37.9. The molecule has 0 spiro atoms. The molecule has 9 aromatic carbocycles. The molecule has 0 aliphatic carbocycles. The van der Waals surface area contributed by atoms with Gasteiger partial charge in [0.25, 0.3) is 0 Å². The predicted octanol–water partition coefficient (Wildman–Crippen LogP) is 10.8. The fourth-order valence-electron chi connectivity index (χ4n) is 8.13. The van der Waals surface area contributed by atoms with E-state index in [0.29, 0.717) is 16.5 Å². The smallest absolute Gasteiger partial charge is 0.204 e. The summed E-state index contributed by atoms with van der Waals surface area (Å²) in [6.07, 6.45) is 0. The fraction of sp³-hybridized carbons (Fsp3) is 0. The Morgan fingerprint density at radius 1 is 0.327 bits per heavy atom. The van der Waals surface area contributed by atoms with Crippen molar-refractivity contribution in [3.63, 3.8) is 0 Å². The second-order valence-corrected chi connectivity index (χ2v) is 13.6. The molecule has 0 saturated carbocycles. The molecule has 8 N–H and O–H groups in total. The Kier molecular flexibility index (Phi) is 6.59. The Morgan fingerprint density at radius 3 is 1.44 bits per heavy atom. The monoisotopic (exact) mass is 724 g/mol.